The lowest BCUT2D eigenvalue weighted by molar-refractivity contribution is 0.0405. The second-order valence-electron chi connectivity index (χ2n) is 5.13. The molecule has 1 atom stereocenters. The summed E-state index contributed by atoms with van der Waals surface area (Å²) in [6, 6.07) is 0.826. The molecule has 0 aromatic carbocycles. The molecule has 0 radical (unpaired) electrons. The fourth-order valence-electron chi connectivity index (χ4n) is 2.74. The van der Waals surface area contributed by atoms with E-state index in [0.717, 1.165) is 31.1 Å². The smallest absolute Gasteiger partial charge is 0.0480 e. The summed E-state index contributed by atoms with van der Waals surface area (Å²) in [6.45, 7) is 9.34. The zero-order valence-electron chi connectivity index (χ0n) is 9.54. The highest BCUT2D eigenvalue weighted by Crippen LogP contribution is 2.27. The number of nitrogens with zero attached hydrogens (tertiary/aromatic N) is 1. The molecule has 0 N–H and O–H groups in total. The molecule has 14 heavy (non-hydrogen) atoms. The number of hydrogen-bond acceptors (Lipinski definition) is 2. The molecule has 2 heteroatoms. The molecule has 2 fully saturated rings. The molecule has 2 heterocycles. The van der Waals surface area contributed by atoms with E-state index in [1.807, 2.05) is 0 Å². The van der Waals surface area contributed by atoms with Crippen LogP contribution in [0.25, 0.3) is 0 Å². The van der Waals surface area contributed by atoms with E-state index in [9.17, 15) is 0 Å². The van der Waals surface area contributed by atoms with E-state index < -0.39 is 0 Å². The first kappa shape index (κ1) is 10.4. The van der Waals surface area contributed by atoms with Gasteiger partial charge in [-0.1, -0.05) is 13.8 Å². The summed E-state index contributed by atoms with van der Waals surface area (Å²) in [6.07, 6.45) is 3.92. The maximum Gasteiger partial charge on any atom is 0.0480 e. The monoisotopic (exact) mass is 197 g/mol. The van der Waals surface area contributed by atoms with Crippen LogP contribution in [0.1, 0.15) is 33.1 Å². The summed E-state index contributed by atoms with van der Waals surface area (Å²) < 4.78 is 5.41. The first-order valence-electron chi connectivity index (χ1n) is 6.09. The van der Waals surface area contributed by atoms with Crippen LogP contribution >= 0.6 is 0 Å². The predicted molar refractivity (Wildman–Crippen MR) is 58.4 cm³/mol. The molecule has 2 aliphatic heterocycles. The van der Waals surface area contributed by atoms with E-state index in [4.69, 9.17) is 4.74 Å². The Hall–Kier alpha value is -0.0800. The Morgan fingerprint density at radius 3 is 2.43 bits per heavy atom. The summed E-state index contributed by atoms with van der Waals surface area (Å²) in [5, 5.41) is 0. The molecule has 1 unspecified atom stereocenters. The van der Waals surface area contributed by atoms with Gasteiger partial charge in [0.1, 0.15) is 0 Å². The standard InChI is InChI=1S/C12H23NO/c1-10(2)11-3-6-13(9-11)12-4-7-14-8-5-12/h10-12H,3-9H2,1-2H3. The van der Waals surface area contributed by atoms with Gasteiger partial charge in [-0.15, -0.1) is 0 Å². The van der Waals surface area contributed by atoms with Gasteiger partial charge in [-0.2, -0.15) is 0 Å². The zero-order chi connectivity index (χ0) is 9.97. The van der Waals surface area contributed by atoms with Crippen LogP contribution in [-0.2, 0) is 4.74 Å². The minimum absolute atomic E-state index is 0.826. The Kier molecular flexibility index (Phi) is 3.45. The predicted octanol–water partition coefficient (Wildman–Crippen LogP) is 2.14. The van der Waals surface area contributed by atoms with E-state index >= 15 is 0 Å². The number of ether oxygens (including phenoxy) is 1. The highest BCUT2D eigenvalue weighted by molar-refractivity contribution is 4.83. The van der Waals surface area contributed by atoms with Crippen molar-refractivity contribution in [1.82, 2.24) is 4.90 Å². The summed E-state index contributed by atoms with van der Waals surface area (Å²) in [7, 11) is 0. The van der Waals surface area contributed by atoms with E-state index in [2.05, 4.69) is 18.7 Å². The van der Waals surface area contributed by atoms with Gasteiger partial charge in [-0.25, -0.2) is 0 Å². The lowest BCUT2D eigenvalue weighted by atomic mass is 9.95. The topological polar surface area (TPSA) is 12.5 Å². The lowest BCUT2D eigenvalue weighted by Crippen LogP contribution is -2.38. The van der Waals surface area contributed by atoms with Gasteiger partial charge in [0, 0.05) is 25.8 Å². The molecule has 0 aromatic rings. The van der Waals surface area contributed by atoms with Gasteiger partial charge in [-0.05, 0) is 37.6 Å². The molecule has 0 amide bonds. The van der Waals surface area contributed by atoms with Gasteiger partial charge in [0.25, 0.3) is 0 Å². The zero-order valence-corrected chi connectivity index (χ0v) is 9.54. The third-order valence-corrected chi connectivity index (χ3v) is 3.91. The Bertz CT molecular complexity index is 175. The summed E-state index contributed by atoms with van der Waals surface area (Å²) >= 11 is 0. The van der Waals surface area contributed by atoms with Crippen LogP contribution < -0.4 is 0 Å². The van der Waals surface area contributed by atoms with Crippen molar-refractivity contribution in [2.24, 2.45) is 11.8 Å². The average Bonchev–Trinajstić information content (AvgIpc) is 2.68. The minimum atomic E-state index is 0.826. The van der Waals surface area contributed by atoms with Crippen molar-refractivity contribution >= 4 is 0 Å². The normalized spacial score (nSPS) is 31.5. The lowest BCUT2D eigenvalue weighted by Gasteiger charge is -2.31. The van der Waals surface area contributed by atoms with Gasteiger partial charge >= 0.3 is 0 Å². The molecule has 2 saturated heterocycles. The van der Waals surface area contributed by atoms with Crippen molar-refractivity contribution in [2.45, 2.75) is 39.2 Å². The third-order valence-electron chi connectivity index (χ3n) is 3.91. The molecule has 0 aromatic heterocycles. The van der Waals surface area contributed by atoms with Crippen molar-refractivity contribution < 1.29 is 4.74 Å². The van der Waals surface area contributed by atoms with Gasteiger partial charge in [0.15, 0.2) is 0 Å². The maximum absolute atomic E-state index is 5.41. The SMILES string of the molecule is CC(C)C1CCN(C2CCOCC2)C1. The van der Waals surface area contributed by atoms with Gasteiger partial charge in [0.2, 0.25) is 0 Å². The molecule has 0 bridgehead atoms. The average molecular weight is 197 g/mol. The van der Waals surface area contributed by atoms with Crippen LogP contribution in [0.3, 0.4) is 0 Å². The number of likely N-dealkylation sites (tertiary alicyclic amines) is 1. The highest BCUT2D eigenvalue weighted by atomic mass is 16.5. The quantitative estimate of drug-likeness (QED) is 0.672. The summed E-state index contributed by atoms with van der Waals surface area (Å²) in [4.78, 5) is 2.70. The molecule has 2 aliphatic rings. The third kappa shape index (κ3) is 2.29. The van der Waals surface area contributed by atoms with E-state index in [0.29, 0.717) is 0 Å². The van der Waals surface area contributed by atoms with Crippen LogP contribution in [0.15, 0.2) is 0 Å². The number of rotatable bonds is 2. The molecular formula is C12H23NO. The second-order valence-corrected chi connectivity index (χ2v) is 5.13. The first-order valence-corrected chi connectivity index (χ1v) is 6.09. The summed E-state index contributed by atoms with van der Waals surface area (Å²) in [5.74, 6) is 1.80. The van der Waals surface area contributed by atoms with E-state index in [1.54, 1.807) is 0 Å². The van der Waals surface area contributed by atoms with Crippen LogP contribution in [0.4, 0.5) is 0 Å². The van der Waals surface area contributed by atoms with Crippen molar-refractivity contribution in [2.75, 3.05) is 26.3 Å². The molecule has 0 saturated carbocycles. The molecule has 2 rings (SSSR count). The number of hydrogen-bond donors (Lipinski definition) is 0. The summed E-state index contributed by atoms with van der Waals surface area (Å²) in [5.41, 5.74) is 0. The highest BCUT2D eigenvalue weighted by Gasteiger charge is 2.30. The van der Waals surface area contributed by atoms with Crippen LogP contribution in [-0.4, -0.2) is 37.2 Å². The van der Waals surface area contributed by atoms with E-state index in [-0.39, 0.29) is 0 Å². The molecule has 2 nitrogen and oxygen atoms in total. The second kappa shape index (κ2) is 4.63. The van der Waals surface area contributed by atoms with Crippen molar-refractivity contribution in [3.63, 3.8) is 0 Å². The van der Waals surface area contributed by atoms with Crippen LogP contribution in [0, 0.1) is 11.8 Å². The molecule has 0 aliphatic carbocycles. The fraction of sp³-hybridized carbons (Fsp3) is 1.00. The Morgan fingerprint density at radius 2 is 1.86 bits per heavy atom. The Morgan fingerprint density at radius 1 is 1.14 bits per heavy atom. The van der Waals surface area contributed by atoms with Gasteiger partial charge in [-0.3, -0.25) is 4.90 Å². The first-order chi connectivity index (χ1) is 6.77. The molecular weight excluding hydrogens is 174 g/mol. The van der Waals surface area contributed by atoms with Crippen molar-refractivity contribution in [1.29, 1.82) is 0 Å². The minimum Gasteiger partial charge on any atom is -0.381 e. The molecule has 82 valence electrons. The van der Waals surface area contributed by atoms with Crippen molar-refractivity contribution in [3.8, 4) is 0 Å². The van der Waals surface area contributed by atoms with Crippen LogP contribution in [0.5, 0.6) is 0 Å². The van der Waals surface area contributed by atoms with E-state index in [1.165, 1.54) is 32.4 Å². The Labute approximate surface area is 87.6 Å². The van der Waals surface area contributed by atoms with Crippen LogP contribution in [0.2, 0.25) is 0 Å². The largest absolute Gasteiger partial charge is 0.381 e. The van der Waals surface area contributed by atoms with Gasteiger partial charge < -0.3 is 4.74 Å². The Balaban J connectivity index is 1.82. The fourth-order valence-corrected chi connectivity index (χ4v) is 2.74. The molecule has 0 spiro atoms. The van der Waals surface area contributed by atoms with Gasteiger partial charge in [0.05, 0.1) is 0 Å². The maximum atomic E-state index is 5.41. The van der Waals surface area contributed by atoms with Crippen molar-refractivity contribution in [3.05, 3.63) is 0 Å².